The summed E-state index contributed by atoms with van der Waals surface area (Å²) in [7, 11) is 0. The van der Waals surface area contributed by atoms with E-state index in [2.05, 4.69) is 9.97 Å². The second kappa shape index (κ2) is 5.46. The predicted octanol–water partition coefficient (Wildman–Crippen LogP) is 1.09. The molecule has 2 aromatic rings. The molecule has 1 saturated heterocycles. The topological polar surface area (TPSA) is 69.2 Å². The summed E-state index contributed by atoms with van der Waals surface area (Å²) >= 11 is 0. The van der Waals surface area contributed by atoms with Crippen LogP contribution in [0.25, 0.3) is 0 Å². The fraction of sp³-hybridized carbons (Fsp3) is 0.333. The highest BCUT2D eigenvalue weighted by Crippen LogP contribution is 2.22. The highest BCUT2D eigenvalue weighted by Gasteiger charge is 2.34. The van der Waals surface area contributed by atoms with Gasteiger partial charge in [0.05, 0.1) is 6.10 Å². The van der Waals surface area contributed by atoms with Crippen LogP contribution in [0, 0.1) is 5.92 Å². The molecule has 0 spiro atoms. The quantitative estimate of drug-likeness (QED) is 0.878. The number of pyridine rings is 1. The summed E-state index contributed by atoms with van der Waals surface area (Å²) in [6.45, 7) is 0.981. The van der Waals surface area contributed by atoms with Crippen LogP contribution in [0.2, 0.25) is 0 Å². The molecule has 0 bridgehead atoms. The molecule has 0 aliphatic carbocycles. The first-order valence-corrected chi connectivity index (χ1v) is 6.73. The Hall–Kier alpha value is -2.14. The molecule has 2 N–H and O–H groups in total. The third kappa shape index (κ3) is 2.58. The molecule has 5 heteroatoms. The molecule has 1 amide bonds. The minimum Gasteiger partial charge on any atom is -0.391 e. The summed E-state index contributed by atoms with van der Waals surface area (Å²) in [6, 6.07) is 7.45. The molecule has 20 heavy (non-hydrogen) atoms. The van der Waals surface area contributed by atoms with Crippen LogP contribution >= 0.6 is 0 Å². The Morgan fingerprint density at radius 3 is 2.85 bits per heavy atom. The number of aliphatic hydroxyl groups excluding tert-OH is 1. The molecule has 0 saturated carbocycles. The number of hydrogen-bond donors (Lipinski definition) is 2. The van der Waals surface area contributed by atoms with E-state index >= 15 is 0 Å². The van der Waals surface area contributed by atoms with Crippen molar-refractivity contribution in [3.8, 4) is 0 Å². The van der Waals surface area contributed by atoms with Crippen molar-refractivity contribution in [2.24, 2.45) is 5.92 Å². The van der Waals surface area contributed by atoms with Crippen LogP contribution < -0.4 is 0 Å². The predicted molar refractivity (Wildman–Crippen MR) is 74.1 cm³/mol. The van der Waals surface area contributed by atoms with E-state index in [1.165, 1.54) is 0 Å². The fourth-order valence-corrected chi connectivity index (χ4v) is 2.68. The second-order valence-corrected chi connectivity index (χ2v) is 5.18. The van der Waals surface area contributed by atoms with Gasteiger partial charge in [0.25, 0.3) is 5.91 Å². The third-order valence-corrected chi connectivity index (χ3v) is 3.77. The van der Waals surface area contributed by atoms with Crippen molar-refractivity contribution in [2.45, 2.75) is 12.5 Å². The van der Waals surface area contributed by atoms with Gasteiger partial charge in [0, 0.05) is 37.6 Å². The minimum absolute atomic E-state index is 0.0497. The number of carbonyl (C=O) groups is 1. The first-order chi connectivity index (χ1) is 9.74. The molecule has 5 nitrogen and oxygen atoms in total. The van der Waals surface area contributed by atoms with Gasteiger partial charge in [-0.2, -0.15) is 0 Å². The number of β-amino-alcohol motifs (C(OH)–C–C–N with tert-alkyl or cyclic N) is 1. The SMILES string of the molecule is O=C(c1ccc[nH]1)N1C[C@@H](Cc2ccncc2)[C@@H](O)C1. The highest BCUT2D eigenvalue weighted by molar-refractivity contribution is 5.92. The molecule has 2 atom stereocenters. The molecule has 3 heterocycles. The van der Waals surface area contributed by atoms with Crippen LogP contribution in [0.1, 0.15) is 16.1 Å². The molecule has 0 unspecified atom stereocenters. The zero-order chi connectivity index (χ0) is 13.9. The summed E-state index contributed by atoms with van der Waals surface area (Å²) < 4.78 is 0. The molecule has 3 rings (SSSR count). The Morgan fingerprint density at radius 1 is 1.35 bits per heavy atom. The standard InChI is InChI=1S/C15H17N3O2/c19-14-10-18(15(20)13-2-1-5-17-13)9-12(14)8-11-3-6-16-7-4-11/h1-7,12,14,17,19H,8-10H2/t12-,14+/m1/s1. The average Bonchev–Trinajstić information content (AvgIpc) is 3.10. The van der Waals surface area contributed by atoms with Crippen LogP contribution in [0.4, 0.5) is 0 Å². The van der Waals surface area contributed by atoms with Crippen molar-refractivity contribution in [1.82, 2.24) is 14.9 Å². The lowest BCUT2D eigenvalue weighted by molar-refractivity contribution is 0.0759. The summed E-state index contributed by atoms with van der Waals surface area (Å²) in [5, 5.41) is 10.1. The van der Waals surface area contributed by atoms with E-state index in [4.69, 9.17) is 0 Å². The smallest absolute Gasteiger partial charge is 0.270 e. The largest absolute Gasteiger partial charge is 0.391 e. The maximum atomic E-state index is 12.2. The molecule has 2 aromatic heterocycles. The Kier molecular flexibility index (Phi) is 3.52. The Labute approximate surface area is 117 Å². The number of hydrogen-bond acceptors (Lipinski definition) is 3. The lowest BCUT2D eigenvalue weighted by Gasteiger charge is -2.15. The first kappa shape index (κ1) is 12.9. The van der Waals surface area contributed by atoms with Gasteiger partial charge in [-0.05, 0) is 36.2 Å². The summed E-state index contributed by atoms with van der Waals surface area (Å²) in [5.41, 5.74) is 1.71. The van der Waals surface area contributed by atoms with E-state index in [1.807, 2.05) is 12.1 Å². The van der Waals surface area contributed by atoms with Gasteiger partial charge in [0.2, 0.25) is 0 Å². The molecule has 104 valence electrons. The van der Waals surface area contributed by atoms with Crippen molar-refractivity contribution in [3.05, 3.63) is 54.1 Å². The molecule has 1 fully saturated rings. The van der Waals surface area contributed by atoms with Crippen molar-refractivity contribution >= 4 is 5.91 Å². The number of nitrogens with zero attached hydrogens (tertiary/aromatic N) is 2. The lowest BCUT2D eigenvalue weighted by Crippen LogP contribution is -2.29. The second-order valence-electron chi connectivity index (χ2n) is 5.18. The fourth-order valence-electron chi connectivity index (χ4n) is 2.68. The highest BCUT2D eigenvalue weighted by atomic mass is 16.3. The number of carbonyl (C=O) groups excluding carboxylic acids is 1. The number of aromatic amines is 1. The Balaban J connectivity index is 1.66. The average molecular weight is 271 g/mol. The van der Waals surface area contributed by atoms with E-state index in [-0.39, 0.29) is 11.8 Å². The Bertz CT molecular complexity index is 568. The molecule has 0 radical (unpaired) electrons. The molecule has 1 aliphatic rings. The number of likely N-dealkylation sites (tertiary alicyclic amines) is 1. The molecular weight excluding hydrogens is 254 g/mol. The van der Waals surface area contributed by atoms with E-state index < -0.39 is 6.10 Å². The number of aromatic nitrogens is 2. The number of rotatable bonds is 3. The van der Waals surface area contributed by atoms with Gasteiger partial charge in [-0.25, -0.2) is 0 Å². The first-order valence-electron chi connectivity index (χ1n) is 6.73. The van der Waals surface area contributed by atoms with Gasteiger partial charge < -0.3 is 15.0 Å². The van der Waals surface area contributed by atoms with Gasteiger partial charge in [0.1, 0.15) is 5.69 Å². The van der Waals surface area contributed by atoms with Crippen molar-refractivity contribution in [1.29, 1.82) is 0 Å². The van der Waals surface area contributed by atoms with Crippen LogP contribution in [-0.4, -0.2) is 45.1 Å². The summed E-state index contributed by atoms with van der Waals surface area (Å²) in [4.78, 5) is 20.8. The zero-order valence-electron chi connectivity index (χ0n) is 11.1. The molecule has 0 aromatic carbocycles. The summed E-state index contributed by atoms with van der Waals surface area (Å²) in [5.74, 6) is 0.0302. The van der Waals surface area contributed by atoms with Gasteiger partial charge in [-0.3, -0.25) is 9.78 Å². The van der Waals surface area contributed by atoms with Crippen LogP contribution in [0.3, 0.4) is 0 Å². The van der Waals surface area contributed by atoms with Gasteiger partial charge in [-0.15, -0.1) is 0 Å². The van der Waals surface area contributed by atoms with E-state index in [0.717, 1.165) is 12.0 Å². The maximum absolute atomic E-state index is 12.2. The number of amides is 1. The monoisotopic (exact) mass is 271 g/mol. The zero-order valence-corrected chi connectivity index (χ0v) is 11.1. The van der Waals surface area contributed by atoms with Crippen LogP contribution in [0.15, 0.2) is 42.9 Å². The van der Waals surface area contributed by atoms with Gasteiger partial charge in [0.15, 0.2) is 0 Å². The minimum atomic E-state index is -0.470. The van der Waals surface area contributed by atoms with Crippen molar-refractivity contribution in [2.75, 3.05) is 13.1 Å². The van der Waals surface area contributed by atoms with Gasteiger partial charge >= 0.3 is 0 Å². The number of nitrogens with one attached hydrogen (secondary N) is 1. The van der Waals surface area contributed by atoms with Crippen LogP contribution in [-0.2, 0) is 6.42 Å². The van der Waals surface area contributed by atoms with E-state index in [1.54, 1.807) is 35.6 Å². The normalized spacial score (nSPS) is 22.1. The third-order valence-electron chi connectivity index (χ3n) is 3.77. The molecular formula is C15H17N3O2. The van der Waals surface area contributed by atoms with E-state index in [9.17, 15) is 9.90 Å². The number of aliphatic hydroxyl groups is 1. The summed E-state index contributed by atoms with van der Waals surface area (Å²) in [6.07, 6.45) is 5.52. The van der Waals surface area contributed by atoms with Crippen LogP contribution in [0.5, 0.6) is 0 Å². The Morgan fingerprint density at radius 2 is 2.15 bits per heavy atom. The number of H-pyrrole nitrogens is 1. The van der Waals surface area contributed by atoms with Gasteiger partial charge in [-0.1, -0.05) is 0 Å². The maximum Gasteiger partial charge on any atom is 0.270 e. The molecule has 1 aliphatic heterocycles. The lowest BCUT2D eigenvalue weighted by atomic mass is 9.97. The van der Waals surface area contributed by atoms with Crippen molar-refractivity contribution in [3.63, 3.8) is 0 Å². The van der Waals surface area contributed by atoms with E-state index in [0.29, 0.717) is 18.8 Å². The van der Waals surface area contributed by atoms with Crippen molar-refractivity contribution < 1.29 is 9.90 Å².